The van der Waals surface area contributed by atoms with E-state index in [9.17, 15) is 13.2 Å². The first kappa shape index (κ1) is 16.4. The first-order valence-electron chi connectivity index (χ1n) is 7.74. The normalized spacial score (nSPS) is 18.7. The van der Waals surface area contributed by atoms with Gasteiger partial charge in [-0.2, -0.15) is 0 Å². The molecule has 0 unspecified atom stereocenters. The zero-order valence-electron chi connectivity index (χ0n) is 13.6. The first-order chi connectivity index (χ1) is 11.3. The molecule has 1 aromatic rings. The molecule has 0 bridgehead atoms. The Hall–Kier alpha value is -2.41. The van der Waals surface area contributed by atoms with Crippen molar-refractivity contribution in [2.45, 2.75) is 19.8 Å². The molecule has 126 valence electrons. The van der Waals surface area contributed by atoms with Gasteiger partial charge < -0.3 is 10.2 Å². The number of hydrogen-bond donors (Lipinski definition) is 1. The van der Waals surface area contributed by atoms with Crippen LogP contribution in [-0.2, 0) is 14.8 Å². The van der Waals surface area contributed by atoms with Gasteiger partial charge in [-0.1, -0.05) is 26.0 Å². The average Bonchev–Trinajstić information content (AvgIpc) is 2.54. The van der Waals surface area contributed by atoms with Crippen molar-refractivity contribution in [3.63, 3.8) is 0 Å². The molecular weight excluding hydrogens is 326 g/mol. The van der Waals surface area contributed by atoms with E-state index in [0.29, 0.717) is 23.9 Å². The molecule has 1 aromatic carbocycles. The van der Waals surface area contributed by atoms with E-state index < -0.39 is 10.0 Å². The number of nitrogens with zero attached hydrogens (tertiary/aromatic N) is 2. The molecule has 1 N–H and O–H groups in total. The molecule has 2 aliphatic heterocycles. The average molecular weight is 345 g/mol. The van der Waals surface area contributed by atoms with Crippen LogP contribution in [0, 0.1) is 0 Å². The van der Waals surface area contributed by atoms with E-state index >= 15 is 0 Å². The maximum absolute atomic E-state index is 12.4. The Kier molecular flexibility index (Phi) is 4.28. The highest BCUT2D eigenvalue weighted by Gasteiger charge is 2.24. The van der Waals surface area contributed by atoms with E-state index in [1.54, 1.807) is 23.3 Å². The molecule has 0 aromatic heterocycles. The van der Waals surface area contributed by atoms with Crippen molar-refractivity contribution in [2.24, 2.45) is 4.40 Å². The Morgan fingerprint density at radius 3 is 2.58 bits per heavy atom. The van der Waals surface area contributed by atoms with E-state index in [1.807, 2.05) is 24.3 Å². The Bertz CT molecular complexity index is 850. The van der Waals surface area contributed by atoms with Gasteiger partial charge in [0.15, 0.2) is 0 Å². The number of nitrogens with one attached hydrogen (secondary N) is 1. The topological polar surface area (TPSA) is 78.8 Å². The Labute approximate surface area is 141 Å². The number of rotatable bonds is 3. The maximum atomic E-state index is 12.4. The third-order valence-corrected chi connectivity index (χ3v) is 5.09. The molecule has 1 amide bonds. The summed E-state index contributed by atoms with van der Waals surface area (Å²) in [5.41, 5.74) is 2.39. The smallest absolute Gasteiger partial charge is 0.257 e. The van der Waals surface area contributed by atoms with Gasteiger partial charge in [-0.15, -0.1) is 4.40 Å². The summed E-state index contributed by atoms with van der Waals surface area (Å²) in [5.74, 6) is 0.494. The van der Waals surface area contributed by atoms with Crippen molar-refractivity contribution in [1.29, 1.82) is 0 Å². The van der Waals surface area contributed by atoms with E-state index in [1.165, 1.54) is 5.56 Å². The van der Waals surface area contributed by atoms with Crippen LogP contribution in [0.15, 0.2) is 52.6 Å². The maximum Gasteiger partial charge on any atom is 0.257 e. The number of amidine groups is 1. The lowest BCUT2D eigenvalue weighted by Crippen LogP contribution is -2.37. The Morgan fingerprint density at radius 1 is 1.21 bits per heavy atom. The van der Waals surface area contributed by atoms with Crippen molar-refractivity contribution >= 4 is 27.5 Å². The lowest BCUT2D eigenvalue weighted by Gasteiger charge is -2.26. The molecule has 0 radical (unpaired) electrons. The fraction of sp³-hybridized carbons (Fsp3) is 0.294. The molecule has 6 nitrogen and oxygen atoms in total. The van der Waals surface area contributed by atoms with Gasteiger partial charge in [-0.25, -0.2) is 8.42 Å². The number of sulfonamides is 1. The number of hydrogen-bond acceptors (Lipinski definition) is 4. The van der Waals surface area contributed by atoms with Gasteiger partial charge in [0.1, 0.15) is 5.84 Å². The molecule has 7 heteroatoms. The fourth-order valence-corrected chi connectivity index (χ4v) is 3.46. The molecule has 0 spiro atoms. The van der Waals surface area contributed by atoms with Crippen molar-refractivity contribution < 1.29 is 13.2 Å². The Morgan fingerprint density at radius 2 is 1.92 bits per heavy atom. The zero-order chi connectivity index (χ0) is 17.3. The van der Waals surface area contributed by atoms with Crippen molar-refractivity contribution in [2.75, 3.05) is 17.6 Å². The third-order valence-electron chi connectivity index (χ3n) is 3.92. The van der Waals surface area contributed by atoms with Crippen LogP contribution in [0.25, 0.3) is 0 Å². The van der Waals surface area contributed by atoms with E-state index in [-0.39, 0.29) is 11.7 Å². The van der Waals surface area contributed by atoms with Crippen LogP contribution < -0.4 is 5.32 Å². The lowest BCUT2D eigenvalue weighted by molar-refractivity contribution is -0.112. The minimum atomic E-state index is -3.39. The first-order valence-corrected chi connectivity index (χ1v) is 9.35. The molecule has 0 saturated heterocycles. The highest BCUT2D eigenvalue weighted by Crippen LogP contribution is 2.19. The van der Waals surface area contributed by atoms with Gasteiger partial charge in [0.05, 0.1) is 11.3 Å². The summed E-state index contributed by atoms with van der Waals surface area (Å²) in [6.07, 6.45) is 4.76. The number of carbonyl (C=O) groups excluding carboxylic acids is 1. The van der Waals surface area contributed by atoms with E-state index in [2.05, 4.69) is 23.6 Å². The summed E-state index contributed by atoms with van der Waals surface area (Å²) in [4.78, 5) is 14.1. The predicted octanol–water partition coefficient (Wildman–Crippen LogP) is 2.25. The third kappa shape index (κ3) is 3.56. The van der Waals surface area contributed by atoms with Gasteiger partial charge in [0, 0.05) is 18.4 Å². The summed E-state index contributed by atoms with van der Waals surface area (Å²) in [6, 6.07) is 7.73. The molecule has 0 saturated carbocycles. The molecule has 0 atom stereocenters. The molecule has 3 rings (SSSR count). The lowest BCUT2D eigenvalue weighted by atomic mass is 10.0. The molecular formula is C17H19N3O3S. The largest absolute Gasteiger partial charge is 0.330 e. The second-order valence-corrected chi connectivity index (χ2v) is 7.83. The van der Waals surface area contributed by atoms with Crippen molar-refractivity contribution in [3.8, 4) is 0 Å². The van der Waals surface area contributed by atoms with Gasteiger partial charge in [-0.3, -0.25) is 4.79 Å². The highest BCUT2D eigenvalue weighted by atomic mass is 32.2. The number of amides is 1. The zero-order valence-corrected chi connectivity index (χ0v) is 14.4. The molecule has 0 aliphatic carbocycles. The molecule has 24 heavy (non-hydrogen) atoms. The molecule has 2 aliphatic rings. The van der Waals surface area contributed by atoms with Crippen LogP contribution >= 0.6 is 0 Å². The summed E-state index contributed by atoms with van der Waals surface area (Å²) < 4.78 is 26.7. The monoisotopic (exact) mass is 345 g/mol. The number of benzene rings is 1. The van der Waals surface area contributed by atoms with Crippen molar-refractivity contribution in [3.05, 3.63) is 53.8 Å². The van der Waals surface area contributed by atoms with Crippen molar-refractivity contribution in [1.82, 2.24) is 4.90 Å². The van der Waals surface area contributed by atoms with E-state index in [4.69, 9.17) is 0 Å². The summed E-state index contributed by atoms with van der Waals surface area (Å²) in [6.45, 7) is 4.53. The van der Waals surface area contributed by atoms with Crippen LogP contribution in [-0.4, -0.2) is 37.4 Å². The highest BCUT2D eigenvalue weighted by molar-refractivity contribution is 7.90. The summed E-state index contributed by atoms with van der Waals surface area (Å²) in [5, 5.41) is 2.85. The number of anilines is 1. The quantitative estimate of drug-likeness (QED) is 0.911. The van der Waals surface area contributed by atoms with Gasteiger partial charge in [0.2, 0.25) is 0 Å². The van der Waals surface area contributed by atoms with Gasteiger partial charge in [0.25, 0.3) is 15.9 Å². The minimum Gasteiger partial charge on any atom is -0.330 e. The predicted molar refractivity (Wildman–Crippen MR) is 94.3 cm³/mol. The van der Waals surface area contributed by atoms with Crippen LogP contribution in [0.3, 0.4) is 0 Å². The van der Waals surface area contributed by atoms with Gasteiger partial charge in [-0.05, 0) is 35.8 Å². The van der Waals surface area contributed by atoms with Crippen LogP contribution in [0.5, 0.6) is 0 Å². The van der Waals surface area contributed by atoms with Gasteiger partial charge >= 0.3 is 0 Å². The number of carbonyl (C=O) groups is 1. The SMILES string of the molecule is CC(C)c1ccc(NC(=O)C2=CN3CCS(=O)(=O)N=C3C=C2)cc1. The minimum absolute atomic E-state index is 0.0492. The number of fused-ring (bicyclic) bond motifs is 1. The van der Waals surface area contributed by atoms with E-state index in [0.717, 1.165) is 5.69 Å². The summed E-state index contributed by atoms with van der Waals surface area (Å²) >= 11 is 0. The second kappa shape index (κ2) is 6.24. The second-order valence-electron chi connectivity index (χ2n) is 6.08. The molecule has 0 fully saturated rings. The Balaban J connectivity index is 1.73. The summed E-state index contributed by atoms with van der Waals surface area (Å²) in [7, 11) is -3.39. The molecule has 2 heterocycles. The fourth-order valence-electron chi connectivity index (χ4n) is 2.49. The standard InChI is InChI=1S/C17H19N3O3S/c1-12(2)13-3-6-15(7-4-13)18-17(21)14-5-8-16-19-24(22,23)10-9-20(16)11-14/h3-8,11-12H,9-10H2,1-2H3,(H,18,21). The van der Waals surface area contributed by atoms with Crippen LogP contribution in [0.1, 0.15) is 25.3 Å². The van der Waals surface area contributed by atoms with Crippen LogP contribution in [0.2, 0.25) is 0 Å². The van der Waals surface area contributed by atoms with Crippen LogP contribution in [0.4, 0.5) is 5.69 Å².